The summed E-state index contributed by atoms with van der Waals surface area (Å²) < 4.78 is 16.3. The van der Waals surface area contributed by atoms with Crippen molar-refractivity contribution in [3.05, 3.63) is 58.2 Å². The van der Waals surface area contributed by atoms with Crippen LogP contribution < -0.4 is 20.1 Å². The Kier molecular flexibility index (Phi) is 8.62. The van der Waals surface area contributed by atoms with Crippen LogP contribution in [0.4, 0.5) is 22.0 Å². The second-order valence-corrected chi connectivity index (χ2v) is 6.00. The van der Waals surface area contributed by atoms with Gasteiger partial charge in [-0.3, -0.25) is 15.0 Å². The largest absolute Gasteiger partial charge is 0.490 e. The number of pyridine rings is 1. The fourth-order valence-corrected chi connectivity index (χ4v) is 2.77. The number of carbonyl (C=O) groups is 1. The van der Waals surface area contributed by atoms with Crippen LogP contribution in [0.2, 0.25) is 0 Å². The summed E-state index contributed by atoms with van der Waals surface area (Å²) in [6.07, 6.45) is 2.74. The van der Waals surface area contributed by atoms with Gasteiger partial charge in [-0.05, 0) is 36.8 Å². The highest BCUT2D eigenvalue weighted by molar-refractivity contribution is 5.92. The number of rotatable bonds is 2. The van der Waals surface area contributed by atoms with Gasteiger partial charge in [0.25, 0.3) is 0 Å². The Morgan fingerprint density at radius 1 is 1.26 bits per heavy atom. The lowest BCUT2D eigenvalue weighted by molar-refractivity contribution is -0.383. The first kappa shape index (κ1) is 23.5. The van der Waals surface area contributed by atoms with Gasteiger partial charge in [-0.25, -0.2) is 4.79 Å². The zero-order chi connectivity index (χ0) is 22.8. The van der Waals surface area contributed by atoms with Gasteiger partial charge in [0.05, 0.1) is 18.1 Å². The monoisotopic (exact) mass is 430 g/mol. The highest BCUT2D eigenvalue weighted by Crippen LogP contribution is 2.37. The van der Waals surface area contributed by atoms with Crippen LogP contribution in [0.1, 0.15) is 26.3 Å². The third-order valence-corrected chi connectivity index (χ3v) is 4.02. The van der Waals surface area contributed by atoms with Gasteiger partial charge in [0.15, 0.2) is 0 Å². The zero-order valence-electron chi connectivity index (χ0n) is 17.7. The van der Waals surface area contributed by atoms with Crippen molar-refractivity contribution in [3.8, 4) is 11.6 Å². The van der Waals surface area contributed by atoms with E-state index in [2.05, 4.69) is 4.98 Å². The number of anilines is 2. The molecule has 0 saturated carbocycles. The summed E-state index contributed by atoms with van der Waals surface area (Å²) in [6.45, 7) is 6.21. The van der Waals surface area contributed by atoms with Crippen LogP contribution in [0.5, 0.6) is 11.6 Å². The van der Waals surface area contributed by atoms with Crippen LogP contribution in [0.15, 0.2) is 42.5 Å². The predicted octanol–water partition coefficient (Wildman–Crippen LogP) is 4.09. The smallest absolute Gasteiger partial charge is 0.414 e. The molecule has 0 radical (unpaired) electrons. The van der Waals surface area contributed by atoms with E-state index in [1.807, 2.05) is 13.8 Å². The van der Waals surface area contributed by atoms with Gasteiger partial charge < -0.3 is 19.9 Å². The lowest BCUT2D eigenvalue weighted by atomic mass is 10.2. The van der Waals surface area contributed by atoms with Crippen LogP contribution in [-0.4, -0.2) is 35.8 Å². The first-order chi connectivity index (χ1) is 15.0. The van der Waals surface area contributed by atoms with E-state index in [0.29, 0.717) is 17.9 Å². The third-order valence-electron chi connectivity index (χ3n) is 4.02. The molecule has 0 fully saturated rings. The van der Waals surface area contributed by atoms with Gasteiger partial charge in [0.1, 0.15) is 24.7 Å². The van der Waals surface area contributed by atoms with E-state index in [0.717, 1.165) is 4.90 Å². The molecular formula is C21H26N4O6. The molecule has 0 aliphatic carbocycles. The molecule has 10 nitrogen and oxygen atoms in total. The van der Waals surface area contributed by atoms with E-state index in [9.17, 15) is 14.9 Å². The van der Waals surface area contributed by atoms with Crippen LogP contribution in [0.25, 0.3) is 0 Å². The zero-order valence-corrected chi connectivity index (χ0v) is 17.7. The van der Waals surface area contributed by atoms with Gasteiger partial charge in [0, 0.05) is 6.07 Å². The first-order valence-electron chi connectivity index (χ1n) is 9.88. The molecule has 31 heavy (non-hydrogen) atoms. The molecule has 2 heterocycles. The molecule has 2 aromatic rings. The van der Waals surface area contributed by atoms with Crippen LogP contribution in [0.3, 0.4) is 0 Å². The Morgan fingerprint density at radius 3 is 2.65 bits per heavy atom. The molecule has 4 bridgehead atoms. The Hall–Kier alpha value is -3.82. The lowest BCUT2D eigenvalue weighted by Gasteiger charge is -2.23. The van der Waals surface area contributed by atoms with E-state index in [1.165, 1.54) is 6.07 Å². The molecule has 0 atom stereocenters. The molecule has 1 aliphatic heterocycles. The summed E-state index contributed by atoms with van der Waals surface area (Å²) in [7, 11) is 0. The molecule has 1 amide bonds. The maximum atomic E-state index is 12.7. The van der Waals surface area contributed by atoms with Crippen molar-refractivity contribution < 1.29 is 23.9 Å². The summed E-state index contributed by atoms with van der Waals surface area (Å²) >= 11 is 0. The van der Waals surface area contributed by atoms with Gasteiger partial charge in [-0.1, -0.05) is 26.0 Å². The Balaban J connectivity index is 0.00000166. The third kappa shape index (κ3) is 6.08. The number of benzene rings is 1. The number of nitrogens with zero attached hydrogens (tertiary/aromatic N) is 3. The molecular weight excluding hydrogens is 404 g/mol. The molecule has 0 unspecified atom stereocenters. The van der Waals surface area contributed by atoms with Crippen molar-refractivity contribution >= 4 is 23.3 Å². The molecule has 10 heteroatoms. The number of hydrogen-bond donors (Lipinski definition) is 1. The predicted molar refractivity (Wildman–Crippen MR) is 116 cm³/mol. The Bertz CT molecular complexity index is 947. The molecule has 0 saturated heterocycles. The molecule has 1 aromatic heterocycles. The number of amides is 1. The molecule has 166 valence electrons. The van der Waals surface area contributed by atoms with Gasteiger partial charge >= 0.3 is 11.8 Å². The van der Waals surface area contributed by atoms with Crippen molar-refractivity contribution in [2.24, 2.45) is 0 Å². The average molecular weight is 430 g/mol. The van der Waals surface area contributed by atoms with E-state index in [4.69, 9.17) is 19.9 Å². The first-order valence-corrected chi connectivity index (χ1v) is 9.88. The Morgan fingerprint density at radius 2 is 1.97 bits per heavy atom. The number of hydrogen-bond acceptors (Lipinski definition) is 8. The minimum absolute atomic E-state index is 0.00436. The number of fused-ring (bicyclic) bond motifs is 4. The van der Waals surface area contributed by atoms with Crippen molar-refractivity contribution in [3.63, 3.8) is 0 Å². The molecule has 1 aliphatic rings. The van der Waals surface area contributed by atoms with Crippen molar-refractivity contribution in [1.29, 1.82) is 0 Å². The van der Waals surface area contributed by atoms with Crippen molar-refractivity contribution in [1.82, 2.24) is 4.98 Å². The maximum absolute atomic E-state index is 12.7. The summed E-state index contributed by atoms with van der Waals surface area (Å²) in [5.41, 5.74) is 5.94. The van der Waals surface area contributed by atoms with Crippen LogP contribution >= 0.6 is 0 Å². The maximum Gasteiger partial charge on any atom is 0.414 e. The van der Waals surface area contributed by atoms with Gasteiger partial charge in [-0.2, -0.15) is 4.98 Å². The standard InChI is InChI=1S/C19H20N4O6.C2H6/c1-2-27-19(24)22-12-13-6-5-7-14(10-13)28-8-3-4-9-29-16-11-15(22)17(23(25)26)18(20)21-16;1-2/h3-7,10-11H,2,8-9,12H2,1H3,(H2,20,21);1-2H3/b4-3+;. The second kappa shape index (κ2) is 11.4. The Labute approximate surface area is 180 Å². The number of nitrogen functional groups attached to an aromatic ring is 1. The summed E-state index contributed by atoms with van der Waals surface area (Å²) in [5.74, 6) is 0.289. The van der Waals surface area contributed by atoms with E-state index in [-0.39, 0.29) is 37.1 Å². The van der Waals surface area contributed by atoms with E-state index >= 15 is 0 Å². The van der Waals surface area contributed by atoms with Crippen LogP contribution in [-0.2, 0) is 11.3 Å². The summed E-state index contributed by atoms with van der Waals surface area (Å²) in [4.78, 5) is 28.7. The molecule has 2 N–H and O–H groups in total. The number of nitro groups is 1. The molecule has 0 spiro atoms. The van der Waals surface area contributed by atoms with Crippen LogP contribution in [0, 0.1) is 10.1 Å². The number of aromatic nitrogens is 1. The summed E-state index contributed by atoms with van der Waals surface area (Å²) in [5, 5.41) is 11.6. The van der Waals surface area contributed by atoms with E-state index < -0.39 is 16.7 Å². The lowest BCUT2D eigenvalue weighted by Crippen LogP contribution is -2.32. The fourth-order valence-electron chi connectivity index (χ4n) is 2.77. The van der Waals surface area contributed by atoms with Gasteiger partial charge in [-0.15, -0.1) is 0 Å². The number of ether oxygens (including phenoxy) is 3. The number of nitrogens with two attached hydrogens (primary N) is 1. The average Bonchev–Trinajstić information content (AvgIpc) is 2.75. The van der Waals surface area contributed by atoms with Gasteiger partial charge in [0.2, 0.25) is 11.7 Å². The fraction of sp³-hybridized carbons (Fsp3) is 0.333. The molecule has 3 rings (SSSR count). The highest BCUT2D eigenvalue weighted by atomic mass is 16.6. The normalized spacial score (nSPS) is 14.0. The second-order valence-electron chi connectivity index (χ2n) is 6.00. The topological polar surface area (TPSA) is 130 Å². The summed E-state index contributed by atoms with van der Waals surface area (Å²) in [6, 6.07) is 8.38. The minimum atomic E-state index is -0.759. The number of carbonyl (C=O) groups excluding carboxylic acids is 1. The van der Waals surface area contributed by atoms with Crippen molar-refractivity contribution in [2.75, 3.05) is 30.5 Å². The van der Waals surface area contributed by atoms with E-state index in [1.54, 1.807) is 43.3 Å². The quantitative estimate of drug-likeness (QED) is 0.428. The van der Waals surface area contributed by atoms with Crippen molar-refractivity contribution in [2.45, 2.75) is 27.3 Å². The minimum Gasteiger partial charge on any atom is -0.490 e. The SMILES string of the molecule is CC.CCOC(=O)N1Cc2cccc(c2)OC/C=C/COc2cc1c([N+](=O)[O-])c(N)n2. The highest BCUT2D eigenvalue weighted by Gasteiger charge is 2.30. The molecule has 1 aromatic carbocycles.